The van der Waals surface area contributed by atoms with Crippen molar-refractivity contribution in [2.24, 2.45) is 0 Å². The predicted molar refractivity (Wildman–Crippen MR) is 82.3 cm³/mol. The minimum atomic E-state index is -0.755. The van der Waals surface area contributed by atoms with Gasteiger partial charge in [-0.15, -0.1) is 0 Å². The molecule has 0 atom stereocenters. The van der Waals surface area contributed by atoms with Gasteiger partial charge in [-0.1, -0.05) is 12.1 Å². The van der Waals surface area contributed by atoms with Crippen LogP contribution < -0.4 is 4.74 Å². The van der Waals surface area contributed by atoms with E-state index in [1.165, 1.54) is 50.6 Å². The number of rotatable bonds is 5. The highest BCUT2D eigenvalue weighted by Crippen LogP contribution is 2.33. The molecule has 0 spiro atoms. The van der Waals surface area contributed by atoms with Gasteiger partial charge in [-0.3, -0.25) is 10.1 Å². The third-order valence-electron chi connectivity index (χ3n) is 3.09. The molecule has 0 amide bonds. The van der Waals surface area contributed by atoms with E-state index in [0.29, 0.717) is 0 Å². The van der Waals surface area contributed by atoms with Crippen molar-refractivity contribution >= 4 is 17.6 Å². The van der Waals surface area contributed by atoms with Crippen molar-refractivity contribution in [2.75, 3.05) is 14.2 Å². The number of nitro groups is 1. The van der Waals surface area contributed by atoms with Crippen molar-refractivity contribution < 1.29 is 28.7 Å². The van der Waals surface area contributed by atoms with Gasteiger partial charge in [-0.25, -0.2) is 9.59 Å². The Labute approximate surface area is 136 Å². The second-order valence-electron chi connectivity index (χ2n) is 4.52. The molecule has 0 N–H and O–H groups in total. The number of carbonyl (C=O) groups is 2. The standard InChI is InChI=1S/C16H13NO7/c1-22-15(18)10-7-8-13(11(9-10)16(19)23-2)24-14-6-4-3-5-12(14)17(20)21/h3-9H,1-2H3. The summed E-state index contributed by atoms with van der Waals surface area (Å²) >= 11 is 0. The van der Waals surface area contributed by atoms with Gasteiger partial charge in [0, 0.05) is 6.07 Å². The van der Waals surface area contributed by atoms with Gasteiger partial charge in [0.25, 0.3) is 0 Å². The van der Waals surface area contributed by atoms with Crippen LogP contribution in [0.2, 0.25) is 0 Å². The van der Waals surface area contributed by atoms with Gasteiger partial charge in [-0.05, 0) is 24.3 Å². The molecule has 8 heteroatoms. The third kappa shape index (κ3) is 3.49. The minimum absolute atomic E-state index is 0.0174. The van der Waals surface area contributed by atoms with Gasteiger partial charge in [0.05, 0.1) is 24.7 Å². The van der Waals surface area contributed by atoms with Crippen LogP contribution in [0.15, 0.2) is 42.5 Å². The maximum Gasteiger partial charge on any atom is 0.341 e. The maximum absolute atomic E-state index is 11.9. The lowest BCUT2D eigenvalue weighted by Crippen LogP contribution is -2.08. The molecule has 24 heavy (non-hydrogen) atoms. The Morgan fingerprint density at radius 1 is 0.958 bits per heavy atom. The first-order valence-corrected chi connectivity index (χ1v) is 6.70. The van der Waals surface area contributed by atoms with Crippen molar-refractivity contribution in [3.63, 3.8) is 0 Å². The van der Waals surface area contributed by atoms with Gasteiger partial charge in [-0.2, -0.15) is 0 Å². The van der Waals surface area contributed by atoms with E-state index in [0.717, 1.165) is 0 Å². The van der Waals surface area contributed by atoms with E-state index in [9.17, 15) is 19.7 Å². The average molecular weight is 331 g/mol. The molecule has 2 aromatic carbocycles. The number of para-hydroxylation sites is 2. The van der Waals surface area contributed by atoms with Crippen LogP contribution in [0, 0.1) is 10.1 Å². The highest BCUT2D eigenvalue weighted by atomic mass is 16.6. The second kappa shape index (κ2) is 7.23. The molecule has 0 aromatic heterocycles. The summed E-state index contributed by atoms with van der Waals surface area (Å²) in [5.41, 5.74) is -0.197. The van der Waals surface area contributed by atoms with Crippen LogP contribution in [-0.2, 0) is 9.47 Å². The molecule has 0 bridgehead atoms. The van der Waals surface area contributed by atoms with Crippen LogP contribution in [0.5, 0.6) is 11.5 Å². The minimum Gasteiger partial charge on any atom is -0.465 e. The quantitative estimate of drug-likeness (QED) is 0.471. The van der Waals surface area contributed by atoms with Crippen molar-refractivity contribution in [3.8, 4) is 11.5 Å². The zero-order valence-electron chi connectivity index (χ0n) is 12.8. The summed E-state index contributed by atoms with van der Waals surface area (Å²) in [5.74, 6) is -1.42. The van der Waals surface area contributed by atoms with Crippen LogP contribution in [0.25, 0.3) is 0 Å². The van der Waals surface area contributed by atoms with E-state index in [2.05, 4.69) is 9.47 Å². The van der Waals surface area contributed by atoms with Crippen molar-refractivity contribution in [1.82, 2.24) is 0 Å². The van der Waals surface area contributed by atoms with E-state index >= 15 is 0 Å². The molecule has 124 valence electrons. The summed E-state index contributed by atoms with van der Waals surface area (Å²) < 4.78 is 14.7. The van der Waals surface area contributed by atoms with Crippen molar-refractivity contribution in [3.05, 3.63) is 63.7 Å². The first-order chi connectivity index (χ1) is 11.5. The molecule has 2 rings (SSSR count). The van der Waals surface area contributed by atoms with Gasteiger partial charge in [0.1, 0.15) is 11.3 Å². The lowest BCUT2D eigenvalue weighted by molar-refractivity contribution is -0.385. The average Bonchev–Trinajstić information content (AvgIpc) is 2.61. The monoisotopic (exact) mass is 331 g/mol. The van der Waals surface area contributed by atoms with E-state index < -0.39 is 16.9 Å². The van der Waals surface area contributed by atoms with Gasteiger partial charge < -0.3 is 14.2 Å². The molecule has 0 aliphatic heterocycles. The molecular weight excluding hydrogens is 318 g/mol. The first-order valence-electron chi connectivity index (χ1n) is 6.70. The summed E-state index contributed by atoms with van der Waals surface area (Å²) in [6.07, 6.45) is 0. The fourth-order valence-corrected chi connectivity index (χ4v) is 1.95. The van der Waals surface area contributed by atoms with Gasteiger partial charge in [0.15, 0.2) is 0 Å². The number of hydrogen-bond donors (Lipinski definition) is 0. The molecule has 0 unspecified atom stereocenters. The summed E-state index contributed by atoms with van der Waals surface area (Å²) in [4.78, 5) is 33.9. The predicted octanol–water partition coefficient (Wildman–Crippen LogP) is 2.96. The molecular formula is C16H13NO7. The van der Waals surface area contributed by atoms with Crippen LogP contribution in [-0.4, -0.2) is 31.1 Å². The fourth-order valence-electron chi connectivity index (χ4n) is 1.95. The summed E-state index contributed by atoms with van der Waals surface area (Å²) in [5, 5.41) is 11.0. The third-order valence-corrected chi connectivity index (χ3v) is 3.09. The number of benzene rings is 2. The molecule has 8 nitrogen and oxygen atoms in total. The number of nitro benzene ring substituents is 1. The number of esters is 2. The zero-order chi connectivity index (χ0) is 17.7. The van der Waals surface area contributed by atoms with E-state index in [-0.39, 0.29) is 28.3 Å². The van der Waals surface area contributed by atoms with Crippen LogP contribution in [0.3, 0.4) is 0 Å². The summed E-state index contributed by atoms with van der Waals surface area (Å²) in [6, 6.07) is 9.68. The number of nitrogens with zero attached hydrogens (tertiary/aromatic N) is 1. The first kappa shape index (κ1) is 16.9. The van der Waals surface area contributed by atoms with E-state index in [1.807, 2.05) is 0 Å². The topological polar surface area (TPSA) is 105 Å². The highest BCUT2D eigenvalue weighted by Gasteiger charge is 2.21. The van der Waals surface area contributed by atoms with E-state index in [1.54, 1.807) is 6.07 Å². The van der Waals surface area contributed by atoms with Crippen molar-refractivity contribution in [1.29, 1.82) is 0 Å². The Hall–Kier alpha value is -3.42. The molecule has 0 saturated heterocycles. The molecule has 0 saturated carbocycles. The molecule has 0 aliphatic carbocycles. The van der Waals surface area contributed by atoms with Crippen LogP contribution >= 0.6 is 0 Å². The molecule has 2 aromatic rings. The highest BCUT2D eigenvalue weighted by molar-refractivity contribution is 5.97. The molecule has 0 aliphatic rings. The second-order valence-corrected chi connectivity index (χ2v) is 4.52. The SMILES string of the molecule is COC(=O)c1ccc(Oc2ccccc2[N+](=O)[O-])c(C(=O)OC)c1. The molecule has 0 radical (unpaired) electrons. The lowest BCUT2D eigenvalue weighted by Gasteiger charge is -2.11. The number of methoxy groups -OCH3 is 2. The summed E-state index contributed by atoms with van der Waals surface area (Å²) in [6.45, 7) is 0. The largest absolute Gasteiger partial charge is 0.465 e. The van der Waals surface area contributed by atoms with Crippen LogP contribution in [0.1, 0.15) is 20.7 Å². The number of ether oxygens (including phenoxy) is 3. The van der Waals surface area contributed by atoms with Gasteiger partial charge >= 0.3 is 17.6 Å². The van der Waals surface area contributed by atoms with Crippen molar-refractivity contribution in [2.45, 2.75) is 0 Å². The Morgan fingerprint density at radius 2 is 1.62 bits per heavy atom. The lowest BCUT2D eigenvalue weighted by atomic mass is 10.1. The normalized spacial score (nSPS) is 9.92. The molecule has 0 fully saturated rings. The van der Waals surface area contributed by atoms with Gasteiger partial charge in [0.2, 0.25) is 5.75 Å². The smallest absolute Gasteiger partial charge is 0.341 e. The Bertz CT molecular complexity index is 801. The zero-order valence-corrected chi connectivity index (χ0v) is 12.8. The summed E-state index contributed by atoms with van der Waals surface area (Å²) in [7, 11) is 2.37. The fraction of sp³-hybridized carbons (Fsp3) is 0.125. The maximum atomic E-state index is 11.9. The Balaban J connectivity index is 2.49. The van der Waals surface area contributed by atoms with Crippen LogP contribution in [0.4, 0.5) is 5.69 Å². The Morgan fingerprint density at radius 3 is 2.25 bits per heavy atom. The van der Waals surface area contributed by atoms with E-state index in [4.69, 9.17) is 4.74 Å². The molecule has 0 heterocycles. The number of carbonyl (C=O) groups excluding carboxylic acids is 2. The Kier molecular flexibility index (Phi) is 5.10. The number of hydrogen-bond acceptors (Lipinski definition) is 7.